The van der Waals surface area contributed by atoms with E-state index in [-0.39, 0.29) is 0 Å². The van der Waals surface area contributed by atoms with Gasteiger partial charge in [0.1, 0.15) is 6.10 Å². The molecule has 5 heteroatoms. The molecule has 0 fully saturated rings. The highest BCUT2D eigenvalue weighted by atomic mass is 16.5. The van der Waals surface area contributed by atoms with E-state index in [4.69, 9.17) is 18.9 Å². The summed E-state index contributed by atoms with van der Waals surface area (Å²) in [6.07, 6.45) is 1.31. The molecule has 1 rings (SSSR count). The first-order valence-corrected chi connectivity index (χ1v) is 6.66. The molecule has 116 valence electrons. The Morgan fingerprint density at radius 2 is 1.86 bits per heavy atom. The van der Waals surface area contributed by atoms with E-state index < -0.39 is 12.1 Å². The molecule has 0 aliphatic rings. The van der Waals surface area contributed by atoms with Gasteiger partial charge in [-0.1, -0.05) is 13.5 Å². The lowest BCUT2D eigenvalue weighted by Crippen LogP contribution is -2.12. The number of carbonyl (C=O) groups excluding carboxylic acids is 1. The van der Waals surface area contributed by atoms with Gasteiger partial charge < -0.3 is 18.9 Å². The first-order chi connectivity index (χ1) is 10.0. The zero-order valence-corrected chi connectivity index (χ0v) is 13.2. The van der Waals surface area contributed by atoms with Crippen LogP contribution in [0.25, 0.3) is 0 Å². The third-order valence-electron chi connectivity index (χ3n) is 3.19. The van der Waals surface area contributed by atoms with Gasteiger partial charge in [0.25, 0.3) is 0 Å². The van der Waals surface area contributed by atoms with Crippen LogP contribution in [-0.2, 0) is 9.53 Å². The van der Waals surface area contributed by atoms with Crippen LogP contribution in [0, 0.1) is 6.92 Å². The van der Waals surface area contributed by atoms with E-state index in [0.29, 0.717) is 23.7 Å². The molecule has 0 aliphatic heterocycles. The lowest BCUT2D eigenvalue weighted by Gasteiger charge is -2.23. The van der Waals surface area contributed by atoms with E-state index in [1.54, 1.807) is 14.2 Å². The van der Waals surface area contributed by atoms with Crippen molar-refractivity contribution in [1.29, 1.82) is 0 Å². The number of aryl methyl sites for hydroxylation is 1. The SMILES string of the molecule is C=CC(=O)OC(CC)c1c(C)cc(OC)c(OC)c1OC. The molecule has 1 unspecified atom stereocenters. The fraction of sp³-hybridized carbons (Fsp3) is 0.438. The van der Waals surface area contributed by atoms with Crippen LogP contribution in [0.4, 0.5) is 0 Å². The molecule has 0 aromatic heterocycles. The second-order valence-corrected chi connectivity index (χ2v) is 4.41. The molecule has 21 heavy (non-hydrogen) atoms. The van der Waals surface area contributed by atoms with Crippen LogP contribution in [-0.4, -0.2) is 27.3 Å². The van der Waals surface area contributed by atoms with E-state index in [2.05, 4.69) is 6.58 Å². The molecule has 0 N–H and O–H groups in total. The van der Waals surface area contributed by atoms with Crippen LogP contribution in [0.2, 0.25) is 0 Å². The third kappa shape index (κ3) is 3.48. The number of rotatable bonds is 7. The van der Waals surface area contributed by atoms with Gasteiger partial charge in [0.05, 0.1) is 21.3 Å². The molecule has 1 aromatic rings. The van der Waals surface area contributed by atoms with Gasteiger partial charge in [0, 0.05) is 11.6 Å². The number of benzene rings is 1. The number of ether oxygens (including phenoxy) is 4. The quantitative estimate of drug-likeness (QED) is 0.571. The molecular weight excluding hydrogens is 272 g/mol. The fourth-order valence-corrected chi connectivity index (χ4v) is 2.24. The highest BCUT2D eigenvalue weighted by molar-refractivity contribution is 5.81. The molecular formula is C16H22O5. The van der Waals surface area contributed by atoms with Gasteiger partial charge in [-0.15, -0.1) is 0 Å². The molecule has 0 heterocycles. The van der Waals surface area contributed by atoms with Crippen LogP contribution < -0.4 is 14.2 Å². The van der Waals surface area contributed by atoms with E-state index in [9.17, 15) is 4.79 Å². The number of methoxy groups -OCH3 is 3. The lowest BCUT2D eigenvalue weighted by atomic mass is 9.99. The maximum absolute atomic E-state index is 11.5. The molecule has 0 saturated heterocycles. The predicted octanol–water partition coefficient (Wildman–Crippen LogP) is 3.20. The van der Waals surface area contributed by atoms with Gasteiger partial charge in [-0.05, 0) is 25.0 Å². The molecule has 1 aromatic carbocycles. The zero-order chi connectivity index (χ0) is 16.0. The molecule has 0 spiro atoms. The summed E-state index contributed by atoms with van der Waals surface area (Å²) >= 11 is 0. The number of esters is 1. The van der Waals surface area contributed by atoms with E-state index in [0.717, 1.165) is 17.2 Å². The van der Waals surface area contributed by atoms with Crippen molar-refractivity contribution in [2.75, 3.05) is 21.3 Å². The van der Waals surface area contributed by atoms with Gasteiger partial charge in [0.15, 0.2) is 11.5 Å². The van der Waals surface area contributed by atoms with Gasteiger partial charge in [-0.25, -0.2) is 4.79 Å². The Labute approximate surface area is 125 Å². The van der Waals surface area contributed by atoms with Crippen LogP contribution in [0.3, 0.4) is 0 Å². The van der Waals surface area contributed by atoms with E-state index >= 15 is 0 Å². The summed E-state index contributed by atoms with van der Waals surface area (Å²) < 4.78 is 21.5. The van der Waals surface area contributed by atoms with E-state index in [1.165, 1.54) is 7.11 Å². The second kappa shape index (κ2) is 7.57. The molecule has 1 atom stereocenters. The van der Waals surface area contributed by atoms with Gasteiger partial charge in [-0.2, -0.15) is 0 Å². The highest BCUT2D eigenvalue weighted by Gasteiger charge is 2.26. The summed E-state index contributed by atoms with van der Waals surface area (Å²) in [6.45, 7) is 7.25. The lowest BCUT2D eigenvalue weighted by molar-refractivity contribution is -0.143. The minimum absolute atomic E-state index is 0.440. The summed E-state index contributed by atoms with van der Waals surface area (Å²) in [5, 5.41) is 0. The summed E-state index contributed by atoms with van der Waals surface area (Å²) in [6, 6.07) is 1.83. The molecule has 0 aliphatic carbocycles. The van der Waals surface area contributed by atoms with Crippen molar-refractivity contribution in [3.8, 4) is 17.2 Å². The molecule has 0 saturated carbocycles. The second-order valence-electron chi connectivity index (χ2n) is 4.41. The monoisotopic (exact) mass is 294 g/mol. The zero-order valence-electron chi connectivity index (χ0n) is 13.2. The predicted molar refractivity (Wildman–Crippen MR) is 80.2 cm³/mol. The Balaban J connectivity index is 3.45. The average Bonchev–Trinajstić information content (AvgIpc) is 2.51. The number of carbonyl (C=O) groups is 1. The molecule has 0 bridgehead atoms. The smallest absolute Gasteiger partial charge is 0.330 e. The summed E-state index contributed by atoms with van der Waals surface area (Å²) in [7, 11) is 4.64. The van der Waals surface area contributed by atoms with Crippen molar-refractivity contribution in [1.82, 2.24) is 0 Å². The Morgan fingerprint density at radius 3 is 2.29 bits per heavy atom. The highest BCUT2D eigenvalue weighted by Crippen LogP contribution is 2.45. The Hall–Kier alpha value is -2.17. The van der Waals surface area contributed by atoms with Crippen LogP contribution in [0.5, 0.6) is 17.2 Å². The van der Waals surface area contributed by atoms with E-state index in [1.807, 2.05) is 19.9 Å². The topological polar surface area (TPSA) is 54.0 Å². The van der Waals surface area contributed by atoms with Crippen LogP contribution in [0.1, 0.15) is 30.6 Å². The number of hydrogen-bond donors (Lipinski definition) is 0. The minimum atomic E-state index is -0.474. The first kappa shape index (κ1) is 16.9. The number of hydrogen-bond acceptors (Lipinski definition) is 5. The largest absolute Gasteiger partial charge is 0.493 e. The van der Waals surface area contributed by atoms with Gasteiger partial charge in [0.2, 0.25) is 5.75 Å². The normalized spacial score (nSPS) is 11.5. The standard InChI is InChI=1S/C16H22O5/c1-7-11(21-13(17)8-2)14-10(3)9-12(18-4)15(19-5)16(14)20-6/h8-9,11H,2,7H2,1,3-6H3. The van der Waals surface area contributed by atoms with Crippen molar-refractivity contribution in [3.05, 3.63) is 29.8 Å². The van der Waals surface area contributed by atoms with Crippen LogP contribution in [0.15, 0.2) is 18.7 Å². The molecule has 5 nitrogen and oxygen atoms in total. The van der Waals surface area contributed by atoms with Gasteiger partial charge >= 0.3 is 5.97 Å². The molecule has 0 amide bonds. The summed E-state index contributed by atoms with van der Waals surface area (Å²) in [4.78, 5) is 11.5. The third-order valence-corrected chi connectivity index (χ3v) is 3.19. The van der Waals surface area contributed by atoms with Crippen molar-refractivity contribution in [2.24, 2.45) is 0 Å². The fourth-order valence-electron chi connectivity index (χ4n) is 2.24. The molecule has 0 radical (unpaired) electrons. The maximum Gasteiger partial charge on any atom is 0.330 e. The Kier molecular flexibility index (Phi) is 6.09. The van der Waals surface area contributed by atoms with Gasteiger partial charge in [-0.3, -0.25) is 0 Å². The maximum atomic E-state index is 11.5. The first-order valence-electron chi connectivity index (χ1n) is 6.66. The Morgan fingerprint density at radius 1 is 1.24 bits per heavy atom. The van der Waals surface area contributed by atoms with Crippen molar-refractivity contribution < 1.29 is 23.7 Å². The van der Waals surface area contributed by atoms with Crippen molar-refractivity contribution >= 4 is 5.97 Å². The summed E-state index contributed by atoms with van der Waals surface area (Å²) in [5.74, 6) is 1.09. The van der Waals surface area contributed by atoms with Crippen LogP contribution >= 0.6 is 0 Å². The van der Waals surface area contributed by atoms with Crippen molar-refractivity contribution in [3.63, 3.8) is 0 Å². The average molecular weight is 294 g/mol. The Bertz CT molecular complexity index is 522. The minimum Gasteiger partial charge on any atom is -0.493 e. The van der Waals surface area contributed by atoms with Crippen molar-refractivity contribution in [2.45, 2.75) is 26.4 Å². The summed E-state index contributed by atoms with van der Waals surface area (Å²) in [5.41, 5.74) is 1.67.